The van der Waals surface area contributed by atoms with Gasteiger partial charge in [0.1, 0.15) is 5.75 Å². The zero-order valence-corrected chi connectivity index (χ0v) is 13.6. The van der Waals surface area contributed by atoms with Crippen LogP contribution in [0.5, 0.6) is 5.75 Å². The predicted octanol–water partition coefficient (Wildman–Crippen LogP) is 4.21. The maximum atomic E-state index is 5.76. The summed E-state index contributed by atoms with van der Waals surface area (Å²) in [5.74, 6) is 1.09. The van der Waals surface area contributed by atoms with E-state index >= 15 is 0 Å². The van der Waals surface area contributed by atoms with Crippen molar-refractivity contribution in [2.45, 2.75) is 70.3 Å². The minimum atomic E-state index is 0.180. The van der Waals surface area contributed by atoms with Crippen molar-refractivity contribution in [3.63, 3.8) is 0 Å². The first kappa shape index (κ1) is 14.9. The Bertz CT molecular complexity index is 476. The largest absolute Gasteiger partial charge is 0.492 e. The molecular formula is C19H29NO. The number of hydrogen-bond acceptors (Lipinski definition) is 2. The van der Waals surface area contributed by atoms with Gasteiger partial charge in [-0.05, 0) is 50.3 Å². The molecule has 0 radical (unpaired) electrons. The molecule has 0 unspecified atom stereocenters. The van der Waals surface area contributed by atoms with Crippen LogP contribution in [0.1, 0.15) is 63.5 Å². The molecule has 2 aliphatic rings. The second kappa shape index (κ2) is 6.39. The molecule has 0 aromatic heterocycles. The van der Waals surface area contributed by atoms with E-state index in [0.29, 0.717) is 0 Å². The highest BCUT2D eigenvalue weighted by molar-refractivity contribution is 5.45. The lowest BCUT2D eigenvalue weighted by Crippen LogP contribution is -2.18. The fourth-order valence-electron chi connectivity index (χ4n) is 3.12. The van der Waals surface area contributed by atoms with Crippen LogP contribution < -0.4 is 10.1 Å². The van der Waals surface area contributed by atoms with Gasteiger partial charge in [0.25, 0.3) is 0 Å². The maximum absolute atomic E-state index is 5.76. The highest BCUT2D eigenvalue weighted by Crippen LogP contribution is 2.38. The fourth-order valence-corrected chi connectivity index (χ4v) is 3.12. The van der Waals surface area contributed by atoms with Crippen molar-refractivity contribution >= 4 is 0 Å². The van der Waals surface area contributed by atoms with Crippen molar-refractivity contribution in [1.29, 1.82) is 0 Å². The zero-order chi connectivity index (χ0) is 14.7. The summed E-state index contributed by atoms with van der Waals surface area (Å²) in [6.07, 6.45) is 9.36. The minimum absolute atomic E-state index is 0.180. The summed E-state index contributed by atoms with van der Waals surface area (Å²) in [5, 5.41) is 3.59. The monoisotopic (exact) mass is 287 g/mol. The SMILES string of the molecule is CC1(C)COc2ccc(CCCCCCNC3CC3)cc21. The Morgan fingerprint density at radius 3 is 2.76 bits per heavy atom. The Labute approximate surface area is 129 Å². The highest BCUT2D eigenvalue weighted by atomic mass is 16.5. The van der Waals surface area contributed by atoms with E-state index in [2.05, 4.69) is 37.4 Å². The Hall–Kier alpha value is -1.02. The maximum Gasteiger partial charge on any atom is 0.123 e. The fraction of sp³-hybridized carbons (Fsp3) is 0.684. The molecule has 1 saturated carbocycles. The topological polar surface area (TPSA) is 21.3 Å². The number of hydrogen-bond donors (Lipinski definition) is 1. The van der Waals surface area contributed by atoms with Gasteiger partial charge >= 0.3 is 0 Å². The van der Waals surface area contributed by atoms with Crippen LogP contribution in [-0.2, 0) is 11.8 Å². The lowest BCUT2D eigenvalue weighted by atomic mass is 9.85. The standard InChI is InChI=1S/C19H29NO/c1-19(2)14-21-18-11-8-15(13-17(18)19)7-5-3-4-6-12-20-16-9-10-16/h8,11,13,16,20H,3-7,9-10,12,14H2,1-2H3. The van der Waals surface area contributed by atoms with Gasteiger partial charge in [-0.25, -0.2) is 0 Å². The smallest absolute Gasteiger partial charge is 0.123 e. The molecule has 1 heterocycles. The average Bonchev–Trinajstić information content (AvgIpc) is 3.24. The Balaban J connectivity index is 1.37. The van der Waals surface area contributed by atoms with Crippen molar-refractivity contribution < 1.29 is 4.74 Å². The Kier molecular flexibility index (Phi) is 4.54. The number of unbranched alkanes of at least 4 members (excludes halogenated alkanes) is 3. The van der Waals surface area contributed by atoms with E-state index in [-0.39, 0.29) is 5.41 Å². The van der Waals surface area contributed by atoms with Crippen LogP contribution in [0, 0.1) is 0 Å². The van der Waals surface area contributed by atoms with Crippen LogP contribution in [0.2, 0.25) is 0 Å². The molecule has 0 spiro atoms. The van der Waals surface area contributed by atoms with E-state index in [1.54, 1.807) is 0 Å². The molecule has 0 saturated heterocycles. The molecule has 1 fully saturated rings. The lowest BCUT2D eigenvalue weighted by molar-refractivity contribution is 0.291. The van der Waals surface area contributed by atoms with E-state index in [1.807, 2.05) is 0 Å². The van der Waals surface area contributed by atoms with Gasteiger partial charge in [-0.1, -0.05) is 38.8 Å². The number of ether oxygens (including phenoxy) is 1. The van der Waals surface area contributed by atoms with Gasteiger partial charge in [0.2, 0.25) is 0 Å². The van der Waals surface area contributed by atoms with Crippen LogP contribution in [0.3, 0.4) is 0 Å². The first-order valence-corrected chi connectivity index (χ1v) is 8.65. The predicted molar refractivity (Wildman–Crippen MR) is 88.2 cm³/mol. The number of benzene rings is 1. The quantitative estimate of drug-likeness (QED) is 0.723. The van der Waals surface area contributed by atoms with E-state index in [4.69, 9.17) is 4.74 Å². The van der Waals surface area contributed by atoms with Crippen LogP contribution in [0.4, 0.5) is 0 Å². The normalized spacial score (nSPS) is 19.3. The summed E-state index contributed by atoms with van der Waals surface area (Å²) in [5.41, 5.74) is 3.05. The lowest BCUT2D eigenvalue weighted by Gasteiger charge is -2.15. The Morgan fingerprint density at radius 1 is 1.14 bits per heavy atom. The summed E-state index contributed by atoms with van der Waals surface area (Å²) >= 11 is 0. The van der Waals surface area contributed by atoms with Gasteiger partial charge < -0.3 is 10.1 Å². The number of aryl methyl sites for hydroxylation is 1. The molecular weight excluding hydrogens is 258 g/mol. The van der Waals surface area contributed by atoms with Gasteiger partial charge in [0.05, 0.1) is 6.61 Å². The van der Waals surface area contributed by atoms with Crippen molar-refractivity contribution in [1.82, 2.24) is 5.32 Å². The second-order valence-electron chi connectivity index (χ2n) is 7.40. The molecule has 1 N–H and O–H groups in total. The van der Waals surface area contributed by atoms with Crippen LogP contribution >= 0.6 is 0 Å². The van der Waals surface area contributed by atoms with Gasteiger partial charge in [0.15, 0.2) is 0 Å². The minimum Gasteiger partial charge on any atom is -0.492 e. The van der Waals surface area contributed by atoms with E-state index in [9.17, 15) is 0 Å². The second-order valence-corrected chi connectivity index (χ2v) is 7.40. The number of rotatable bonds is 8. The van der Waals surface area contributed by atoms with Crippen LogP contribution in [0.15, 0.2) is 18.2 Å². The molecule has 0 amide bonds. The molecule has 1 aromatic rings. The van der Waals surface area contributed by atoms with Crippen molar-refractivity contribution in [3.8, 4) is 5.75 Å². The van der Waals surface area contributed by atoms with Crippen LogP contribution in [-0.4, -0.2) is 19.2 Å². The third-order valence-electron chi connectivity index (χ3n) is 4.76. The first-order chi connectivity index (χ1) is 10.1. The third kappa shape index (κ3) is 4.00. The van der Waals surface area contributed by atoms with Gasteiger partial charge in [0, 0.05) is 17.0 Å². The van der Waals surface area contributed by atoms with E-state index in [0.717, 1.165) is 18.4 Å². The molecule has 2 heteroatoms. The third-order valence-corrected chi connectivity index (χ3v) is 4.76. The average molecular weight is 287 g/mol. The molecule has 1 aromatic carbocycles. The van der Waals surface area contributed by atoms with E-state index in [1.165, 1.54) is 62.6 Å². The summed E-state index contributed by atoms with van der Waals surface area (Å²) in [4.78, 5) is 0. The highest BCUT2D eigenvalue weighted by Gasteiger charge is 2.31. The summed E-state index contributed by atoms with van der Waals surface area (Å²) in [7, 11) is 0. The molecule has 21 heavy (non-hydrogen) atoms. The molecule has 1 aliphatic heterocycles. The molecule has 1 aliphatic carbocycles. The van der Waals surface area contributed by atoms with Crippen LogP contribution in [0.25, 0.3) is 0 Å². The summed E-state index contributed by atoms with van der Waals surface area (Å²) < 4.78 is 5.76. The van der Waals surface area contributed by atoms with Gasteiger partial charge in [-0.2, -0.15) is 0 Å². The van der Waals surface area contributed by atoms with Crippen molar-refractivity contribution in [2.24, 2.45) is 0 Å². The molecule has 3 rings (SSSR count). The van der Waals surface area contributed by atoms with Crippen molar-refractivity contribution in [3.05, 3.63) is 29.3 Å². The van der Waals surface area contributed by atoms with Gasteiger partial charge in [-0.15, -0.1) is 0 Å². The van der Waals surface area contributed by atoms with Crippen molar-refractivity contribution in [2.75, 3.05) is 13.2 Å². The summed E-state index contributed by atoms with van der Waals surface area (Å²) in [6, 6.07) is 7.65. The number of fused-ring (bicyclic) bond motifs is 1. The molecule has 116 valence electrons. The molecule has 2 nitrogen and oxygen atoms in total. The molecule has 0 atom stereocenters. The molecule has 0 bridgehead atoms. The zero-order valence-electron chi connectivity index (χ0n) is 13.6. The van der Waals surface area contributed by atoms with Gasteiger partial charge in [-0.3, -0.25) is 0 Å². The van der Waals surface area contributed by atoms with E-state index < -0.39 is 0 Å². The summed E-state index contributed by atoms with van der Waals surface area (Å²) in [6.45, 7) is 6.58. The number of nitrogens with one attached hydrogen (secondary N) is 1. The first-order valence-electron chi connectivity index (χ1n) is 8.65. The Morgan fingerprint density at radius 2 is 1.95 bits per heavy atom.